The summed E-state index contributed by atoms with van der Waals surface area (Å²) in [4.78, 5) is 0. The molecular weight excluding hydrogens is 329 g/mol. The van der Waals surface area contributed by atoms with Crippen LogP contribution in [0.4, 0.5) is 0 Å². The molecule has 0 bridgehead atoms. The van der Waals surface area contributed by atoms with Gasteiger partial charge in [-0.2, -0.15) is 0 Å². The molecule has 0 spiro atoms. The van der Waals surface area contributed by atoms with Gasteiger partial charge >= 0.3 is 0 Å². The molecule has 26 heteroatoms. The molecule has 128 valence electrons. The maximum atomic E-state index is 2.58. The molecule has 0 amide bonds. The minimum Gasteiger partial charge on any atom is -0.133 e. The summed E-state index contributed by atoms with van der Waals surface area (Å²) >= 11 is 0. The highest BCUT2D eigenvalue weighted by molar-refractivity contribution is 8.23. The van der Waals surface area contributed by atoms with Gasteiger partial charge in [0.25, 0.3) is 0 Å². The van der Waals surface area contributed by atoms with Gasteiger partial charge in [-0.3, -0.25) is 0 Å². The Labute approximate surface area is 209 Å². The molecule has 0 N–H and O–H groups in total. The Hall–Kier alpha value is 1.43. The van der Waals surface area contributed by atoms with Crippen LogP contribution in [0.1, 0.15) is 13.8 Å². The summed E-state index contributed by atoms with van der Waals surface area (Å²) < 4.78 is 0. The van der Waals surface area contributed by atoms with Gasteiger partial charge in [-0.05, 0) is 0 Å². The Morgan fingerprint density at radius 1 is 0.567 bits per heavy atom. The fraction of sp³-hybridized carbons (Fsp3) is 0.500. The van der Waals surface area contributed by atoms with Crippen LogP contribution in [0.5, 0.6) is 0 Å². The molecule has 0 radical (unpaired) electrons. The smallest absolute Gasteiger partial charge is 0.132 e. The highest BCUT2D eigenvalue weighted by Gasteiger charge is 2.51. The maximum Gasteiger partial charge on any atom is 0.132 e. The molecule has 0 aromatic carbocycles. The van der Waals surface area contributed by atoms with Gasteiger partial charge in [0.05, 0.1) is 106 Å². The van der Waals surface area contributed by atoms with Gasteiger partial charge in [0, 0.05) is 70.9 Å². The lowest BCUT2D eigenvalue weighted by molar-refractivity contribution is 1.53. The SMILES string of the molecule is BBB(B)B(B(B(B)B(B)B)B(B(B)B)B(B)B)B(B(B)B)B(BB)/C(C)=C(\B)C. The van der Waals surface area contributed by atoms with Crippen molar-refractivity contribution in [3.63, 3.8) is 0 Å². The van der Waals surface area contributed by atoms with E-state index < -0.39 is 0 Å². The van der Waals surface area contributed by atoms with Crippen molar-refractivity contribution in [1.82, 2.24) is 0 Å². The minimum atomic E-state index is 0.704. The highest BCUT2D eigenvalue weighted by Crippen LogP contribution is 2.15. The summed E-state index contributed by atoms with van der Waals surface area (Å²) in [5.74, 6) is 0. The molecule has 30 heavy (non-hydrogen) atoms. The van der Waals surface area contributed by atoms with Crippen LogP contribution in [0.3, 0.4) is 0 Å². The predicted molar refractivity (Wildman–Crippen MR) is 207 cm³/mol. The van der Waals surface area contributed by atoms with E-state index in [0.29, 0.717) is 12.9 Å². The first-order valence-corrected chi connectivity index (χ1v) is 13.4. The van der Waals surface area contributed by atoms with Crippen molar-refractivity contribution in [3.05, 3.63) is 10.9 Å². The van der Waals surface area contributed by atoms with E-state index >= 15 is 0 Å². The van der Waals surface area contributed by atoms with Crippen LogP contribution in [0.2, 0.25) is 0 Å². The Morgan fingerprint density at radius 2 is 1.00 bits per heavy atom. The van der Waals surface area contributed by atoms with Crippen LogP contribution in [0, 0.1) is 0 Å². The Balaban J connectivity index is 6.89. The zero-order valence-corrected chi connectivity index (χ0v) is 23.8. The van der Waals surface area contributed by atoms with Gasteiger partial charge in [-0.25, -0.2) is 0 Å². The third-order valence-electron chi connectivity index (χ3n) is 8.85. The van der Waals surface area contributed by atoms with E-state index in [0.717, 1.165) is 57.5 Å². The third-order valence-corrected chi connectivity index (χ3v) is 8.85. The van der Waals surface area contributed by atoms with E-state index in [9.17, 15) is 0 Å². The topological polar surface area (TPSA) is 0 Å². The summed E-state index contributed by atoms with van der Waals surface area (Å²) in [6, 6.07) is 0. The molecule has 0 rings (SSSR count). The second kappa shape index (κ2) is 14.6. The van der Waals surface area contributed by atoms with Crippen LogP contribution in [-0.2, 0) is 0 Å². The van der Waals surface area contributed by atoms with E-state index in [2.05, 4.69) is 115 Å². The van der Waals surface area contributed by atoms with Gasteiger partial charge in [-0.15, -0.1) is 10.9 Å². The molecule has 0 aliphatic carbocycles. The zero-order chi connectivity index (χ0) is 23.9. The summed E-state index contributed by atoms with van der Waals surface area (Å²) in [5.41, 5.74) is 3.19. The number of hydrogen-bond acceptors (Lipinski definition) is 0. The van der Waals surface area contributed by atoms with Crippen molar-refractivity contribution in [1.29, 1.82) is 0 Å². The van der Waals surface area contributed by atoms with Crippen molar-refractivity contribution >= 4 is 185 Å². The monoisotopic (exact) mass is 369 g/mol. The van der Waals surface area contributed by atoms with Crippen molar-refractivity contribution in [3.8, 4) is 0 Å². The lowest BCUT2D eigenvalue weighted by Gasteiger charge is -2.46. The first kappa shape index (κ1) is 31.4. The normalized spacial score (nSPS) is 10.6. The van der Waals surface area contributed by atoms with E-state index in [1.54, 1.807) is 5.47 Å². The average Bonchev–Trinajstić information content (AvgIpc) is 2.64. The molecular formula is C4H34B26. The minimum absolute atomic E-state index is 0.704. The Bertz CT molecular complexity index is 497. The third kappa shape index (κ3) is 8.33. The molecule has 0 saturated carbocycles. The standard InChI is InChI=1S/C4H34B26/c1-3(5)4(2)20(18-6)27(22(10)11)29(25(16)19-7)30(26(17)21(8)9)28(23(12)13)24(14)15/h18-19H,5-17H2,1-2H3/b4-3-. The fourth-order valence-corrected chi connectivity index (χ4v) is 6.76. The number of allylic oxidation sites excluding steroid dienone is 2. The molecule has 0 unspecified atom stereocenters. The van der Waals surface area contributed by atoms with Crippen molar-refractivity contribution in [2.24, 2.45) is 0 Å². The lowest BCUT2D eigenvalue weighted by atomic mass is 8.35. The van der Waals surface area contributed by atoms with Crippen molar-refractivity contribution in [2.45, 2.75) is 13.8 Å². The molecule has 0 aromatic rings. The molecule has 0 nitrogen and oxygen atoms in total. The first-order valence-electron chi connectivity index (χ1n) is 13.4. The molecule has 0 heterocycles. The number of rotatable bonds is 13. The first-order chi connectivity index (χ1) is 13.7. The summed E-state index contributed by atoms with van der Waals surface area (Å²) in [7, 11) is 34.8. The predicted octanol–water partition coefficient (Wildman–Crippen LogP) is -16.1. The largest absolute Gasteiger partial charge is 0.133 e. The second-order valence-corrected chi connectivity index (χ2v) is 12.2. The van der Waals surface area contributed by atoms with Gasteiger partial charge in [0.1, 0.15) is 7.85 Å². The average molecular weight is 363 g/mol. The number of hydrogen-bond donors (Lipinski definition) is 0. The van der Waals surface area contributed by atoms with Gasteiger partial charge < -0.3 is 0 Å². The quantitative estimate of drug-likeness (QED) is 0.285. The molecule has 0 saturated heterocycles. The van der Waals surface area contributed by atoms with Gasteiger partial charge in [0.15, 0.2) is 0 Å². The van der Waals surface area contributed by atoms with E-state index in [1.165, 1.54) is 19.6 Å². The molecule has 0 aromatic heterocycles. The van der Waals surface area contributed by atoms with E-state index in [4.69, 9.17) is 0 Å². The second-order valence-electron chi connectivity index (χ2n) is 12.2. The zero-order valence-electron chi connectivity index (χ0n) is 23.8. The Kier molecular flexibility index (Phi) is 15.3. The Morgan fingerprint density at radius 3 is 1.27 bits per heavy atom. The van der Waals surface area contributed by atoms with Gasteiger partial charge in [0.2, 0.25) is 0 Å². The van der Waals surface area contributed by atoms with Crippen LogP contribution in [0.25, 0.3) is 0 Å². The molecule has 0 aliphatic heterocycles. The molecule has 0 atom stereocenters. The highest BCUT2D eigenvalue weighted by atomic mass is 13.7. The summed E-state index contributed by atoms with van der Waals surface area (Å²) in [6.45, 7) is 5.46. The van der Waals surface area contributed by atoms with Crippen LogP contribution >= 0.6 is 0 Å². The van der Waals surface area contributed by atoms with E-state index in [-0.39, 0.29) is 0 Å². The summed E-state index contributed by atoms with van der Waals surface area (Å²) in [6.07, 6.45) is 7.54. The van der Waals surface area contributed by atoms with Crippen LogP contribution in [-0.4, -0.2) is 185 Å². The molecule has 0 aliphatic rings. The van der Waals surface area contributed by atoms with Crippen LogP contribution < -0.4 is 0 Å². The van der Waals surface area contributed by atoms with Crippen molar-refractivity contribution in [2.75, 3.05) is 0 Å². The fourth-order valence-electron chi connectivity index (χ4n) is 6.76. The maximum absolute atomic E-state index is 2.58. The van der Waals surface area contributed by atoms with Gasteiger partial charge in [-0.1, -0.05) is 13.8 Å². The summed E-state index contributed by atoms with van der Waals surface area (Å²) in [5, 5.41) is 0. The van der Waals surface area contributed by atoms with Crippen LogP contribution in [0.15, 0.2) is 10.9 Å². The van der Waals surface area contributed by atoms with E-state index in [1.807, 2.05) is 0 Å². The lowest BCUT2D eigenvalue weighted by Crippen LogP contribution is -2.85. The molecule has 0 fully saturated rings. The van der Waals surface area contributed by atoms with Crippen molar-refractivity contribution < 1.29 is 0 Å².